The van der Waals surface area contributed by atoms with Gasteiger partial charge in [-0.15, -0.1) is 11.3 Å². The van der Waals surface area contributed by atoms with Gasteiger partial charge in [0, 0.05) is 17.5 Å². The van der Waals surface area contributed by atoms with E-state index in [1.807, 2.05) is 13.8 Å². The van der Waals surface area contributed by atoms with Gasteiger partial charge in [-0.1, -0.05) is 26.0 Å². The predicted octanol–water partition coefficient (Wildman–Crippen LogP) is 3.58. The van der Waals surface area contributed by atoms with Gasteiger partial charge in [0.25, 0.3) is 5.69 Å². The fraction of sp³-hybridized carbons (Fsp3) is 0.333. The molecular formula is C15H16N2O4S. The summed E-state index contributed by atoms with van der Waals surface area (Å²) in [5, 5.41) is 20.5. The second-order valence-corrected chi connectivity index (χ2v) is 6.72. The summed E-state index contributed by atoms with van der Waals surface area (Å²) < 4.78 is 0. The van der Waals surface area contributed by atoms with Gasteiger partial charge in [-0.3, -0.25) is 10.1 Å². The van der Waals surface area contributed by atoms with E-state index in [-0.39, 0.29) is 16.0 Å². The van der Waals surface area contributed by atoms with E-state index in [0.29, 0.717) is 12.1 Å². The standard InChI is InChI=1S/C15H16N2O4S/c1-9-12(13(18)19)22-14(16-9)15(2,3)8-10-4-6-11(7-5-10)17(20)21/h4-7H,8H2,1-3H3,(H,18,19). The molecular weight excluding hydrogens is 304 g/mol. The molecule has 2 rings (SSSR count). The molecule has 1 aromatic heterocycles. The third-order valence-corrected chi connectivity index (χ3v) is 4.87. The van der Waals surface area contributed by atoms with Crippen LogP contribution in [0.3, 0.4) is 0 Å². The number of hydrogen-bond donors (Lipinski definition) is 1. The smallest absolute Gasteiger partial charge is 0.347 e. The summed E-state index contributed by atoms with van der Waals surface area (Å²) in [4.78, 5) is 26.0. The van der Waals surface area contributed by atoms with Crippen LogP contribution in [0.15, 0.2) is 24.3 Å². The van der Waals surface area contributed by atoms with Gasteiger partial charge in [0.2, 0.25) is 0 Å². The van der Waals surface area contributed by atoms with E-state index in [4.69, 9.17) is 5.11 Å². The second kappa shape index (κ2) is 5.84. The quantitative estimate of drug-likeness (QED) is 0.671. The zero-order valence-electron chi connectivity index (χ0n) is 12.5. The van der Waals surface area contributed by atoms with Crippen LogP contribution in [-0.2, 0) is 11.8 Å². The van der Waals surface area contributed by atoms with Crippen molar-refractivity contribution in [3.05, 3.63) is 55.5 Å². The third kappa shape index (κ3) is 3.30. The SMILES string of the molecule is Cc1nc(C(C)(C)Cc2ccc([N+](=O)[O-])cc2)sc1C(=O)O. The molecule has 0 spiro atoms. The Hall–Kier alpha value is -2.28. The van der Waals surface area contributed by atoms with E-state index in [1.54, 1.807) is 19.1 Å². The third-order valence-electron chi connectivity index (χ3n) is 3.36. The molecule has 7 heteroatoms. The summed E-state index contributed by atoms with van der Waals surface area (Å²) in [6, 6.07) is 6.39. The fourth-order valence-electron chi connectivity index (χ4n) is 2.21. The average molecular weight is 320 g/mol. The number of non-ortho nitro benzene ring substituents is 1. The summed E-state index contributed by atoms with van der Waals surface area (Å²) in [7, 11) is 0. The van der Waals surface area contributed by atoms with Gasteiger partial charge in [0.1, 0.15) is 4.88 Å². The first-order chi connectivity index (χ1) is 10.2. The molecule has 0 atom stereocenters. The molecule has 0 aliphatic rings. The molecule has 0 saturated heterocycles. The molecule has 1 aromatic carbocycles. The number of nitro groups is 1. The van der Waals surface area contributed by atoms with Gasteiger partial charge >= 0.3 is 5.97 Å². The first kappa shape index (κ1) is 16.1. The molecule has 2 aromatic rings. The van der Waals surface area contributed by atoms with Crippen LogP contribution in [0.2, 0.25) is 0 Å². The van der Waals surface area contributed by atoms with Crippen LogP contribution < -0.4 is 0 Å². The molecule has 116 valence electrons. The van der Waals surface area contributed by atoms with Gasteiger partial charge < -0.3 is 5.11 Å². The number of aromatic carboxylic acids is 1. The maximum atomic E-state index is 11.1. The highest BCUT2D eigenvalue weighted by Crippen LogP contribution is 2.33. The number of carboxylic acid groups (broad SMARTS) is 1. The number of hydrogen-bond acceptors (Lipinski definition) is 5. The number of carboxylic acids is 1. The Morgan fingerprint density at radius 1 is 1.36 bits per heavy atom. The molecule has 0 fully saturated rings. The Labute approximate surface area is 131 Å². The number of aromatic nitrogens is 1. The van der Waals surface area contributed by atoms with Gasteiger partial charge in [-0.25, -0.2) is 9.78 Å². The Balaban J connectivity index is 2.25. The molecule has 0 aliphatic heterocycles. The highest BCUT2D eigenvalue weighted by atomic mass is 32.1. The maximum absolute atomic E-state index is 11.1. The van der Waals surface area contributed by atoms with Crippen LogP contribution in [0.1, 0.15) is 39.8 Å². The normalized spacial score (nSPS) is 11.4. The minimum atomic E-state index is -0.965. The molecule has 0 unspecified atom stereocenters. The van der Waals surface area contributed by atoms with Crippen LogP contribution in [0, 0.1) is 17.0 Å². The van der Waals surface area contributed by atoms with E-state index in [1.165, 1.54) is 23.5 Å². The highest BCUT2D eigenvalue weighted by molar-refractivity contribution is 7.13. The van der Waals surface area contributed by atoms with Crippen molar-refractivity contribution in [1.29, 1.82) is 0 Å². The Morgan fingerprint density at radius 3 is 2.41 bits per heavy atom. The molecule has 0 saturated carbocycles. The molecule has 22 heavy (non-hydrogen) atoms. The van der Waals surface area contributed by atoms with Crippen LogP contribution in [0.25, 0.3) is 0 Å². The van der Waals surface area contributed by atoms with Gasteiger partial charge in [-0.05, 0) is 18.9 Å². The van der Waals surface area contributed by atoms with Crippen molar-refractivity contribution in [2.75, 3.05) is 0 Å². The number of rotatable bonds is 5. The number of benzene rings is 1. The zero-order valence-corrected chi connectivity index (χ0v) is 13.3. The average Bonchev–Trinajstić information content (AvgIpc) is 2.82. The van der Waals surface area contributed by atoms with Crippen LogP contribution in [0.4, 0.5) is 5.69 Å². The summed E-state index contributed by atoms with van der Waals surface area (Å²) in [6.45, 7) is 5.65. The lowest BCUT2D eigenvalue weighted by molar-refractivity contribution is -0.384. The lowest BCUT2D eigenvalue weighted by Crippen LogP contribution is -2.20. The van der Waals surface area contributed by atoms with Crippen molar-refractivity contribution in [2.45, 2.75) is 32.6 Å². The van der Waals surface area contributed by atoms with Crippen molar-refractivity contribution >= 4 is 23.0 Å². The van der Waals surface area contributed by atoms with Crippen LogP contribution in [0.5, 0.6) is 0 Å². The Kier molecular flexibility index (Phi) is 4.27. The Morgan fingerprint density at radius 2 is 1.95 bits per heavy atom. The lowest BCUT2D eigenvalue weighted by atomic mass is 9.86. The van der Waals surface area contributed by atoms with Gasteiger partial charge in [0.05, 0.1) is 15.6 Å². The highest BCUT2D eigenvalue weighted by Gasteiger charge is 2.27. The van der Waals surface area contributed by atoms with Gasteiger partial charge in [0.15, 0.2) is 0 Å². The topological polar surface area (TPSA) is 93.3 Å². The molecule has 0 bridgehead atoms. The van der Waals surface area contributed by atoms with Crippen LogP contribution in [-0.4, -0.2) is 21.0 Å². The summed E-state index contributed by atoms with van der Waals surface area (Å²) >= 11 is 1.18. The largest absolute Gasteiger partial charge is 0.477 e. The van der Waals surface area contributed by atoms with Crippen molar-refractivity contribution in [3.8, 4) is 0 Å². The van der Waals surface area contributed by atoms with Crippen molar-refractivity contribution in [1.82, 2.24) is 4.98 Å². The minimum Gasteiger partial charge on any atom is -0.477 e. The molecule has 0 amide bonds. The maximum Gasteiger partial charge on any atom is 0.347 e. The monoisotopic (exact) mass is 320 g/mol. The summed E-state index contributed by atoms with van der Waals surface area (Å²) in [5.41, 5.74) is 1.17. The van der Waals surface area contributed by atoms with Crippen molar-refractivity contribution in [3.63, 3.8) is 0 Å². The van der Waals surface area contributed by atoms with E-state index in [9.17, 15) is 14.9 Å². The second-order valence-electron chi connectivity index (χ2n) is 5.72. The molecule has 0 radical (unpaired) electrons. The molecule has 0 aliphatic carbocycles. The Bertz CT molecular complexity index is 720. The van der Waals surface area contributed by atoms with Gasteiger partial charge in [-0.2, -0.15) is 0 Å². The number of aryl methyl sites for hydroxylation is 1. The first-order valence-corrected chi connectivity index (χ1v) is 7.47. The molecule has 6 nitrogen and oxygen atoms in total. The number of nitro benzene ring substituents is 1. The first-order valence-electron chi connectivity index (χ1n) is 6.65. The fourth-order valence-corrected chi connectivity index (χ4v) is 3.21. The number of thiazole rings is 1. The van der Waals surface area contributed by atoms with E-state index < -0.39 is 10.9 Å². The van der Waals surface area contributed by atoms with E-state index >= 15 is 0 Å². The minimum absolute atomic E-state index is 0.0554. The van der Waals surface area contributed by atoms with Crippen molar-refractivity contribution < 1.29 is 14.8 Å². The number of nitrogens with zero attached hydrogens (tertiary/aromatic N) is 2. The summed E-state index contributed by atoms with van der Waals surface area (Å²) in [5.74, 6) is -0.965. The van der Waals surface area contributed by atoms with Crippen molar-refractivity contribution in [2.24, 2.45) is 0 Å². The van der Waals surface area contributed by atoms with E-state index in [0.717, 1.165) is 10.6 Å². The summed E-state index contributed by atoms with van der Waals surface area (Å²) in [6.07, 6.45) is 0.622. The predicted molar refractivity (Wildman–Crippen MR) is 83.6 cm³/mol. The van der Waals surface area contributed by atoms with E-state index in [2.05, 4.69) is 4.98 Å². The number of carbonyl (C=O) groups is 1. The molecule has 1 heterocycles. The molecule has 1 N–H and O–H groups in total. The zero-order chi connectivity index (χ0) is 16.5. The van der Waals surface area contributed by atoms with Crippen LogP contribution >= 0.6 is 11.3 Å². The lowest BCUT2D eigenvalue weighted by Gasteiger charge is -2.21.